The number of likely N-dealkylation sites (N-methyl/N-ethyl adjacent to an activating group) is 1. The molecule has 0 aliphatic carbocycles. The summed E-state index contributed by atoms with van der Waals surface area (Å²) < 4.78 is 30.8. The van der Waals surface area contributed by atoms with Crippen LogP contribution in [0.3, 0.4) is 0 Å². The third kappa shape index (κ3) is 61.1. The molecule has 3 unspecified atom stereocenters. The van der Waals surface area contributed by atoms with Crippen molar-refractivity contribution in [3.8, 4) is 0 Å². The van der Waals surface area contributed by atoms with Gasteiger partial charge in [-0.2, -0.15) is 0 Å². The van der Waals surface area contributed by atoms with E-state index in [4.69, 9.17) is 13.8 Å². The highest BCUT2D eigenvalue weighted by atomic mass is 31.2. The monoisotopic (exact) mass is 1150 g/mol. The van der Waals surface area contributed by atoms with E-state index in [-0.39, 0.29) is 25.1 Å². The van der Waals surface area contributed by atoms with Gasteiger partial charge in [0, 0.05) is 12.8 Å². The van der Waals surface area contributed by atoms with E-state index in [1.165, 1.54) is 270 Å². The molecule has 9 nitrogen and oxygen atoms in total. The van der Waals surface area contributed by atoms with E-state index in [0.717, 1.165) is 57.8 Å². The molecule has 0 aromatic carbocycles. The lowest BCUT2D eigenvalue weighted by atomic mass is 10.0. The minimum atomic E-state index is -4.45. The lowest BCUT2D eigenvalue weighted by Crippen LogP contribution is -2.47. The van der Waals surface area contributed by atoms with Crippen molar-refractivity contribution in [1.29, 1.82) is 0 Å². The number of carbonyl (C=O) groups is 2. The first-order chi connectivity index (χ1) is 38.9. The summed E-state index contributed by atoms with van der Waals surface area (Å²) >= 11 is 0. The number of hydrogen-bond donors (Lipinski definition) is 2. The summed E-state index contributed by atoms with van der Waals surface area (Å²) in [6.07, 6.45) is 73.3. The Morgan fingerprint density at radius 3 is 1.06 bits per heavy atom. The number of quaternary nitrogens is 1. The molecule has 3 atom stereocenters. The van der Waals surface area contributed by atoms with Crippen LogP contribution in [0.1, 0.15) is 361 Å². The van der Waals surface area contributed by atoms with Crippen molar-refractivity contribution in [1.82, 2.24) is 5.32 Å². The summed E-state index contributed by atoms with van der Waals surface area (Å²) in [4.78, 5) is 37.8. The number of carbonyl (C=O) groups excluding carboxylic acids is 2. The van der Waals surface area contributed by atoms with E-state index < -0.39 is 20.0 Å². The second-order valence-corrected chi connectivity index (χ2v) is 26.9. The smallest absolute Gasteiger partial charge is 0.456 e. The van der Waals surface area contributed by atoms with Crippen LogP contribution in [0, 0.1) is 0 Å². The van der Waals surface area contributed by atoms with Gasteiger partial charge in [0.1, 0.15) is 19.3 Å². The van der Waals surface area contributed by atoms with Crippen LogP contribution < -0.4 is 5.32 Å². The normalized spacial score (nSPS) is 13.6. The molecule has 0 fully saturated rings. The van der Waals surface area contributed by atoms with Gasteiger partial charge in [0.15, 0.2) is 0 Å². The zero-order valence-corrected chi connectivity index (χ0v) is 55.2. The highest BCUT2D eigenvalue weighted by Crippen LogP contribution is 2.43. The van der Waals surface area contributed by atoms with Crippen LogP contribution in [0.25, 0.3) is 0 Å². The molecule has 0 rings (SSSR count). The molecule has 0 saturated heterocycles. The molecule has 1 amide bonds. The Hall–Kier alpha value is -1.51. The van der Waals surface area contributed by atoms with Gasteiger partial charge in [-0.25, -0.2) is 4.57 Å². The minimum Gasteiger partial charge on any atom is -0.456 e. The van der Waals surface area contributed by atoms with Crippen LogP contribution in [0.4, 0.5) is 0 Å². The van der Waals surface area contributed by atoms with E-state index in [1.54, 1.807) is 0 Å². The zero-order chi connectivity index (χ0) is 58.6. The number of nitrogens with zero attached hydrogens (tertiary/aromatic N) is 1. The van der Waals surface area contributed by atoms with Gasteiger partial charge in [-0.1, -0.05) is 315 Å². The maximum atomic E-state index is 13.6. The summed E-state index contributed by atoms with van der Waals surface area (Å²) in [6, 6.07) is -0.842. The van der Waals surface area contributed by atoms with Crippen molar-refractivity contribution in [2.45, 2.75) is 373 Å². The van der Waals surface area contributed by atoms with Crippen LogP contribution in [-0.4, -0.2) is 74.3 Å². The number of nitrogens with one attached hydrogen (secondary N) is 1. The standard InChI is InChI=1S/C70H137N2O7P/c1-7-10-13-16-19-22-25-28-30-31-32-33-34-35-36-37-38-39-40-41-42-44-47-50-53-56-59-62-69(73)71-67(66-78-80(75,76)77-65-64-72(4,5)6)68(61-58-55-52-49-46-43-27-24-21-18-15-12-9-3)79-70(74)63-60-57-54-51-48-45-29-26-23-20-17-14-11-8-2/h28,30,58,61,67-68H,7-27,29,31-57,59-60,62-66H2,1-6H3,(H-,71,73,75,76)/p+1/b30-28+,61-58-. The molecule has 0 aromatic heterocycles. The molecule has 80 heavy (non-hydrogen) atoms. The van der Waals surface area contributed by atoms with Gasteiger partial charge in [0.2, 0.25) is 5.91 Å². The van der Waals surface area contributed by atoms with E-state index in [2.05, 4.69) is 44.3 Å². The second-order valence-electron chi connectivity index (χ2n) is 25.4. The Balaban J connectivity index is 4.97. The maximum absolute atomic E-state index is 13.6. The van der Waals surface area contributed by atoms with Gasteiger partial charge < -0.3 is 19.4 Å². The number of phosphoric acid groups is 1. The van der Waals surface area contributed by atoms with E-state index in [0.29, 0.717) is 23.9 Å². The van der Waals surface area contributed by atoms with Gasteiger partial charge in [-0.3, -0.25) is 18.6 Å². The van der Waals surface area contributed by atoms with Crippen LogP contribution in [-0.2, 0) is 27.9 Å². The van der Waals surface area contributed by atoms with Crippen molar-refractivity contribution >= 4 is 19.7 Å². The summed E-state index contributed by atoms with van der Waals surface area (Å²) in [5, 5.41) is 3.08. The quantitative estimate of drug-likeness (QED) is 0.0205. The Bertz CT molecular complexity index is 1420. The molecule has 474 valence electrons. The highest BCUT2D eigenvalue weighted by molar-refractivity contribution is 7.47. The first-order valence-electron chi connectivity index (χ1n) is 35.2. The molecule has 0 bridgehead atoms. The number of unbranched alkanes of at least 4 members (excludes halogenated alkanes) is 47. The number of ether oxygens (including phenoxy) is 1. The molecular weight excluding hydrogens is 1010 g/mol. The number of rotatable bonds is 65. The predicted molar refractivity (Wildman–Crippen MR) is 346 cm³/mol. The first kappa shape index (κ1) is 78.5. The molecule has 0 aliphatic heterocycles. The molecule has 10 heteroatoms. The molecule has 2 N–H and O–H groups in total. The third-order valence-corrected chi connectivity index (χ3v) is 17.1. The van der Waals surface area contributed by atoms with Crippen LogP contribution in [0.15, 0.2) is 24.3 Å². The van der Waals surface area contributed by atoms with Crippen LogP contribution in [0.2, 0.25) is 0 Å². The van der Waals surface area contributed by atoms with Gasteiger partial charge >= 0.3 is 13.8 Å². The second kappa shape index (κ2) is 60.6. The zero-order valence-electron chi connectivity index (χ0n) is 54.4. The third-order valence-electron chi connectivity index (χ3n) is 16.1. The topological polar surface area (TPSA) is 111 Å². The molecule has 0 radical (unpaired) electrons. The summed E-state index contributed by atoms with van der Waals surface area (Å²) in [5.41, 5.74) is 0. The summed E-state index contributed by atoms with van der Waals surface area (Å²) in [6.45, 7) is 7.07. The Kier molecular flexibility index (Phi) is 59.5. The van der Waals surface area contributed by atoms with Gasteiger partial charge in [0.05, 0.1) is 33.8 Å². The maximum Gasteiger partial charge on any atom is 0.472 e. The van der Waals surface area contributed by atoms with Crippen molar-refractivity contribution < 1.29 is 37.3 Å². The fraction of sp³-hybridized carbons (Fsp3) is 0.914. The van der Waals surface area contributed by atoms with Crippen molar-refractivity contribution in [2.75, 3.05) is 40.9 Å². The highest BCUT2D eigenvalue weighted by Gasteiger charge is 2.30. The van der Waals surface area contributed by atoms with Gasteiger partial charge in [-0.05, 0) is 57.4 Å². The first-order valence-corrected chi connectivity index (χ1v) is 36.7. The number of amides is 1. The molecule has 0 aliphatic rings. The number of esters is 1. The van der Waals surface area contributed by atoms with E-state index in [9.17, 15) is 19.0 Å². The van der Waals surface area contributed by atoms with Crippen molar-refractivity contribution in [2.24, 2.45) is 0 Å². The Morgan fingerprint density at radius 2 is 0.725 bits per heavy atom. The lowest BCUT2D eigenvalue weighted by molar-refractivity contribution is -0.870. The van der Waals surface area contributed by atoms with Crippen LogP contribution >= 0.6 is 7.82 Å². The molecule has 0 aromatic rings. The summed E-state index contributed by atoms with van der Waals surface area (Å²) in [5.74, 6) is -0.482. The molecule has 0 saturated carbocycles. The predicted octanol–water partition coefficient (Wildman–Crippen LogP) is 22.1. The summed E-state index contributed by atoms with van der Waals surface area (Å²) in [7, 11) is 1.52. The number of allylic oxidation sites excluding steroid dienone is 3. The average Bonchev–Trinajstić information content (AvgIpc) is 3.42. The molecule has 0 spiro atoms. The van der Waals surface area contributed by atoms with Gasteiger partial charge in [-0.15, -0.1) is 0 Å². The molecular formula is C70H138N2O7P+. The SMILES string of the molecule is CCCCCCCC/C=C/CCCCCCCCCCCCCCCCCCCC(=O)NC(COP(=O)(O)OCC[N+](C)(C)C)C(/C=C\CCCCCCCCCCCCC)OC(=O)CCCCCCCCCCCCCCCC. The Labute approximate surface area is 498 Å². The fourth-order valence-electron chi connectivity index (χ4n) is 10.7. The number of phosphoric ester groups is 1. The molecule has 0 heterocycles. The Morgan fingerprint density at radius 1 is 0.425 bits per heavy atom. The van der Waals surface area contributed by atoms with Gasteiger partial charge in [0.25, 0.3) is 0 Å². The van der Waals surface area contributed by atoms with E-state index in [1.807, 2.05) is 27.2 Å². The fourth-order valence-corrected chi connectivity index (χ4v) is 11.4. The van der Waals surface area contributed by atoms with E-state index >= 15 is 0 Å². The lowest BCUT2D eigenvalue weighted by Gasteiger charge is -2.27. The largest absolute Gasteiger partial charge is 0.472 e. The minimum absolute atomic E-state index is 0.0448. The average molecular weight is 1150 g/mol. The number of hydrogen-bond acceptors (Lipinski definition) is 6. The van der Waals surface area contributed by atoms with Crippen molar-refractivity contribution in [3.05, 3.63) is 24.3 Å². The van der Waals surface area contributed by atoms with Crippen molar-refractivity contribution in [3.63, 3.8) is 0 Å². The van der Waals surface area contributed by atoms with Crippen LogP contribution in [0.5, 0.6) is 0 Å².